The van der Waals surface area contributed by atoms with E-state index in [1.165, 1.54) is 11.1 Å². The number of nitrogens with zero attached hydrogens (tertiary/aromatic N) is 3. The average Bonchev–Trinajstić information content (AvgIpc) is 3.14. The molecule has 0 atom stereocenters. The van der Waals surface area contributed by atoms with Crippen molar-refractivity contribution in [3.63, 3.8) is 0 Å². The molecular formula is C22H35IN6O2. The standard InChI is InChI=1S/C22H34N6O2.HI/c1-21(2,3)30-20(29)27-22(4,5)16-25-19(23-6)24-14-17-10-7-8-11-18(17)15-28-13-9-12-26-28;/h7-13H,14-16H2,1-6H3,(H,27,29)(H2,23,24,25);1H. The topological polar surface area (TPSA) is 92.6 Å². The molecule has 0 fully saturated rings. The number of rotatable bonds is 7. The fourth-order valence-corrected chi connectivity index (χ4v) is 2.78. The Balaban J connectivity index is 0.00000480. The minimum atomic E-state index is -0.533. The van der Waals surface area contributed by atoms with Gasteiger partial charge in [-0.25, -0.2) is 4.79 Å². The first kappa shape index (κ1) is 26.7. The summed E-state index contributed by atoms with van der Waals surface area (Å²) in [6, 6.07) is 10.2. The Morgan fingerprint density at radius 1 is 1.10 bits per heavy atom. The molecule has 0 aliphatic carbocycles. The van der Waals surface area contributed by atoms with Crippen LogP contribution in [0.25, 0.3) is 0 Å². The van der Waals surface area contributed by atoms with Crippen LogP contribution in [0.2, 0.25) is 0 Å². The lowest BCUT2D eigenvalue weighted by atomic mass is 10.1. The third-order valence-corrected chi connectivity index (χ3v) is 4.22. The lowest BCUT2D eigenvalue weighted by molar-refractivity contribution is 0.0474. The van der Waals surface area contributed by atoms with Crippen molar-refractivity contribution in [3.05, 3.63) is 53.9 Å². The van der Waals surface area contributed by atoms with E-state index in [4.69, 9.17) is 4.74 Å². The molecule has 1 heterocycles. The van der Waals surface area contributed by atoms with Gasteiger partial charge in [-0.3, -0.25) is 9.67 Å². The van der Waals surface area contributed by atoms with Crippen molar-refractivity contribution in [2.45, 2.75) is 58.8 Å². The normalized spacial score (nSPS) is 12.0. The van der Waals surface area contributed by atoms with E-state index in [1.807, 2.05) is 63.7 Å². The molecule has 1 aromatic carbocycles. The molecule has 31 heavy (non-hydrogen) atoms. The van der Waals surface area contributed by atoms with E-state index in [0.29, 0.717) is 25.6 Å². The van der Waals surface area contributed by atoms with Gasteiger partial charge in [-0.1, -0.05) is 24.3 Å². The molecule has 2 rings (SSSR count). The minimum absolute atomic E-state index is 0. The SMILES string of the molecule is CN=C(NCc1ccccc1Cn1cccn1)NCC(C)(C)NC(=O)OC(C)(C)C.I. The molecule has 0 aliphatic rings. The van der Waals surface area contributed by atoms with Crippen LogP contribution >= 0.6 is 24.0 Å². The molecule has 2 aromatic rings. The Labute approximate surface area is 202 Å². The van der Waals surface area contributed by atoms with Crippen molar-refractivity contribution in [3.8, 4) is 0 Å². The zero-order valence-corrected chi connectivity index (χ0v) is 21.6. The zero-order chi connectivity index (χ0) is 22.2. The number of alkyl carbamates (subject to hydrolysis) is 1. The molecule has 0 radical (unpaired) electrons. The molecule has 0 saturated heterocycles. The smallest absolute Gasteiger partial charge is 0.408 e. The Hall–Kier alpha value is -2.30. The highest BCUT2D eigenvalue weighted by atomic mass is 127. The number of amides is 1. The van der Waals surface area contributed by atoms with Gasteiger partial charge < -0.3 is 20.7 Å². The summed E-state index contributed by atoms with van der Waals surface area (Å²) in [7, 11) is 1.72. The van der Waals surface area contributed by atoms with Crippen LogP contribution in [0.15, 0.2) is 47.7 Å². The number of halogens is 1. The Bertz CT molecular complexity index is 844. The number of guanidine groups is 1. The summed E-state index contributed by atoms with van der Waals surface area (Å²) >= 11 is 0. The van der Waals surface area contributed by atoms with E-state index in [-0.39, 0.29) is 24.0 Å². The molecule has 0 bridgehead atoms. The summed E-state index contributed by atoms with van der Waals surface area (Å²) in [5, 5.41) is 13.8. The van der Waals surface area contributed by atoms with E-state index >= 15 is 0 Å². The van der Waals surface area contributed by atoms with Crippen LogP contribution in [0.1, 0.15) is 45.7 Å². The third kappa shape index (κ3) is 10.0. The highest BCUT2D eigenvalue weighted by molar-refractivity contribution is 14.0. The van der Waals surface area contributed by atoms with E-state index in [1.54, 1.807) is 13.2 Å². The maximum absolute atomic E-state index is 12.1. The Morgan fingerprint density at radius 2 is 1.77 bits per heavy atom. The van der Waals surface area contributed by atoms with E-state index < -0.39 is 17.2 Å². The fourth-order valence-electron chi connectivity index (χ4n) is 2.78. The molecular weight excluding hydrogens is 507 g/mol. The van der Waals surface area contributed by atoms with Crippen LogP contribution in [0.5, 0.6) is 0 Å². The monoisotopic (exact) mass is 542 g/mol. The van der Waals surface area contributed by atoms with Gasteiger partial charge in [0.2, 0.25) is 0 Å². The van der Waals surface area contributed by atoms with Crippen molar-refractivity contribution in [2.75, 3.05) is 13.6 Å². The predicted octanol–water partition coefficient (Wildman–Crippen LogP) is 3.52. The molecule has 0 unspecified atom stereocenters. The lowest BCUT2D eigenvalue weighted by Crippen LogP contribution is -2.54. The van der Waals surface area contributed by atoms with Crippen LogP contribution < -0.4 is 16.0 Å². The van der Waals surface area contributed by atoms with E-state index in [2.05, 4.69) is 38.2 Å². The van der Waals surface area contributed by atoms with Gasteiger partial charge in [0.15, 0.2) is 5.96 Å². The second-order valence-corrected chi connectivity index (χ2v) is 8.76. The molecule has 172 valence electrons. The van der Waals surface area contributed by atoms with Gasteiger partial charge >= 0.3 is 6.09 Å². The highest BCUT2D eigenvalue weighted by Gasteiger charge is 2.24. The number of aromatic nitrogens is 2. The highest BCUT2D eigenvalue weighted by Crippen LogP contribution is 2.11. The van der Waals surface area contributed by atoms with Gasteiger partial charge in [0.1, 0.15) is 5.60 Å². The number of aliphatic imine (C=N–C) groups is 1. The number of hydrogen-bond donors (Lipinski definition) is 3. The summed E-state index contributed by atoms with van der Waals surface area (Å²) < 4.78 is 7.24. The molecule has 3 N–H and O–H groups in total. The predicted molar refractivity (Wildman–Crippen MR) is 135 cm³/mol. The molecule has 1 amide bonds. The molecule has 1 aromatic heterocycles. The van der Waals surface area contributed by atoms with Gasteiger partial charge in [-0.15, -0.1) is 24.0 Å². The van der Waals surface area contributed by atoms with Crippen molar-refractivity contribution in [1.82, 2.24) is 25.7 Å². The first-order valence-electron chi connectivity index (χ1n) is 10.1. The summed E-state index contributed by atoms with van der Waals surface area (Å²) in [5.41, 5.74) is 1.31. The summed E-state index contributed by atoms with van der Waals surface area (Å²) in [6.45, 7) is 11.2. The van der Waals surface area contributed by atoms with Crippen LogP contribution in [0, 0.1) is 0 Å². The number of carbonyl (C=O) groups is 1. The summed E-state index contributed by atoms with van der Waals surface area (Å²) in [6.07, 6.45) is 3.29. The van der Waals surface area contributed by atoms with Crippen LogP contribution in [0.4, 0.5) is 4.79 Å². The van der Waals surface area contributed by atoms with Crippen molar-refractivity contribution in [2.24, 2.45) is 4.99 Å². The molecule has 8 nitrogen and oxygen atoms in total. The largest absolute Gasteiger partial charge is 0.444 e. The fraction of sp³-hybridized carbons (Fsp3) is 0.500. The third-order valence-electron chi connectivity index (χ3n) is 4.22. The number of carbonyl (C=O) groups excluding carboxylic acids is 1. The minimum Gasteiger partial charge on any atom is -0.444 e. The number of nitrogens with one attached hydrogen (secondary N) is 3. The van der Waals surface area contributed by atoms with Gasteiger partial charge in [-0.2, -0.15) is 5.10 Å². The van der Waals surface area contributed by atoms with Gasteiger partial charge in [0.25, 0.3) is 0 Å². The maximum atomic E-state index is 12.1. The number of ether oxygens (including phenoxy) is 1. The number of hydrogen-bond acceptors (Lipinski definition) is 4. The molecule has 0 saturated carbocycles. The first-order chi connectivity index (χ1) is 14.1. The Kier molecular flexibility index (Phi) is 10.3. The summed E-state index contributed by atoms with van der Waals surface area (Å²) in [4.78, 5) is 16.3. The number of benzene rings is 1. The van der Waals surface area contributed by atoms with Crippen molar-refractivity contribution >= 4 is 36.0 Å². The first-order valence-corrected chi connectivity index (χ1v) is 10.1. The van der Waals surface area contributed by atoms with Crippen molar-refractivity contribution < 1.29 is 9.53 Å². The van der Waals surface area contributed by atoms with E-state index in [0.717, 1.165) is 0 Å². The van der Waals surface area contributed by atoms with Crippen LogP contribution in [0.3, 0.4) is 0 Å². The summed E-state index contributed by atoms with van der Waals surface area (Å²) in [5.74, 6) is 0.656. The molecule has 0 spiro atoms. The molecule has 9 heteroatoms. The van der Waals surface area contributed by atoms with Crippen LogP contribution in [-0.4, -0.2) is 46.6 Å². The lowest BCUT2D eigenvalue weighted by Gasteiger charge is -2.29. The van der Waals surface area contributed by atoms with Gasteiger partial charge in [-0.05, 0) is 51.8 Å². The molecule has 0 aliphatic heterocycles. The van der Waals surface area contributed by atoms with E-state index in [9.17, 15) is 4.79 Å². The van der Waals surface area contributed by atoms with Crippen LogP contribution in [-0.2, 0) is 17.8 Å². The van der Waals surface area contributed by atoms with Gasteiger partial charge in [0.05, 0.1) is 12.1 Å². The van der Waals surface area contributed by atoms with Crippen molar-refractivity contribution in [1.29, 1.82) is 0 Å². The average molecular weight is 542 g/mol. The maximum Gasteiger partial charge on any atom is 0.408 e. The quantitative estimate of drug-likeness (QED) is 0.283. The second kappa shape index (κ2) is 11.9. The van der Waals surface area contributed by atoms with Gasteiger partial charge in [0, 0.05) is 32.5 Å². The zero-order valence-electron chi connectivity index (χ0n) is 19.2. The Morgan fingerprint density at radius 3 is 2.35 bits per heavy atom. The second-order valence-electron chi connectivity index (χ2n) is 8.76.